The molecule has 2 aromatic rings. The summed E-state index contributed by atoms with van der Waals surface area (Å²) in [7, 11) is 0. The van der Waals surface area contributed by atoms with Gasteiger partial charge in [0, 0.05) is 12.6 Å². The second kappa shape index (κ2) is 6.20. The van der Waals surface area contributed by atoms with Crippen molar-refractivity contribution in [2.24, 2.45) is 5.92 Å². The Bertz CT molecular complexity index is 725. The molecule has 0 spiro atoms. The molecule has 0 aromatic heterocycles. The minimum absolute atomic E-state index is 0.0988. The lowest BCUT2D eigenvalue weighted by Gasteiger charge is -2.06. The first kappa shape index (κ1) is 15.2. The van der Waals surface area contributed by atoms with E-state index in [-0.39, 0.29) is 29.5 Å². The predicted octanol–water partition coefficient (Wildman–Crippen LogP) is 3.49. The monoisotopic (exact) mass is 313 g/mol. The van der Waals surface area contributed by atoms with Crippen LogP contribution in [0.5, 0.6) is 5.75 Å². The molecule has 3 rings (SSSR count). The standard InChI is InChI=1S/C18H16FNO3/c1-11(21)20-14-6-8-15(9-7-14)23-18(22)17-10-16(17)12-2-4-13(19)5-3-12/h2-9,16-17H,10H2,1H3,(H,20,21). The van der Waals surface area contributed by atoms with E-state index in [2.05, 4.69) is 5.32 Å². The Hall–Kier alpha value is -2.69. The van der Waals surface area contributed by atoms with Crippen LogP contribution >= 0.6 is 0 Å². The number of amides is 1. The first-order valence-electron chi connectivity index (χ1n) is 7.38. The van der Waals surface area contributed by atoms with Gasteiger partial charge in [0.25, 0.3) is 0 Å². The van der Waals surface area contributed by atoms with E-state index in [1.165, 1.54) is 19.1 Å². The van der Waals surface area contributed by atoms with Gasteiger partial charge in [-0.15, -0.1) is 0 Å². The highest BCUT2D eigenvalue weighted by Crippen LogP contribution is 2.48. The third kappa shape index (κ3) is 3.74. The van der Waals surface area contributed by atoms with Gasteiger partial charge in [0.1, 0.15) is 11.6 Å². The van der Waals surface area contributed by atoms with E-state index in [1.807, 2.05) is 0 Å². The highest BCUT2D eigenvalue weighted by atomic mass is 19.1. The van der Waals surface area contributed by atoms with Gasteiger partial charge in [-0.05, 0) is 54.3 Å². The fourth-order valence-corrected chi connectivity index (χ4v) is 2.54. The number of halogens is 1. The van der Waals surface area contributed by atoms with Crippen molar-refractivity contribution in [2.75, 3.05) is 5.32 Å². The Kier molecular flexibility index (Phi) is 4.10. The average Bonchev–Trinajstić information content (AvgIpc) is 3.30. The van der Waals surface area contributed by atoms with Crippen LogP contribution in [0.25, 0.3) is 0 Å². The molecule has 1 aliphatic carbocycles. The summed E-state index contributed by atoms with van der Waals surface area (Å²) in [6.07, 6.45) is 0.717. The number of carbonyl (C=O) groups is 2. The molecule has 0 bridgehead atoms. The minimum Gasteiger partial charge on any atom is -0.426 e. The van der Waals surface area contributed by atoms with E-state index in [0.717, 1.165) is 5.56 Å². The van der Waals surface area contributed by atoms with E-state index in [1.54, 1.807) is 36.4 Å². The summed E-state index contributed by atoms with van der Waals surface area (Å²) in [6.45, 7) is 1.43. The Balaban J connectivity index is 1.58. The lowest BCUT2D eigenvalue weighted by Crippen LogP contribution is -2.11. The first-order chi connectivity index (χ1) is 11.0. The minimum atomic E-state index is -0.286. The van der Waals surface area contributed by atoms with Gasteiger partial charge >= 0.3 is 5.97 Å². The summed E-state index contributed by atoms with van der Waals surface area (Å²) in [5.41, 5.74) is 1.60. The maximum absolute atomic E-state index is 12.9. The van der Waals surface area contributed by atoms with Crippen molar-refractivity contribution in [3.8, 4) is 5.75 Å². The summed E-state index contributed by atoms with van der Waals surface area (Å²) in [6, 6.07) is 12.8. The van der Waals surface area contributed by atoms with Crippen LogP contribution in [0.15, 0.2) is 48.5 Å². The van der Waals surface area contributed by atoms with Crippen molar-refractivity contribution in [2.45, 2.75) is 19.3 Å². The van der Waals surface area contributed by atoms with Gasteiger partial charge in [-0.25, -0.2) is 4.39 Å². The van der Waals surface area contributed by atoms with Crippen molar-refractivity contribution in [3.63, 3.8) is 0 Å². The molecular weight excluding hydrogens is 297 g/mol. The Labute approximate surface area is 133 Å². The summed E-state index contributed by atoms with van der Waals surface area (Å²) < 4.78 is 18.3. The Morgan fingerprint density at radius 3 is 2.35 bits per heavy atom. The normalized spacial score (nSPS) is 19.0. The largest absolute Gasteiger partial charge is 0.426 e. The zero-order valence-corrected chi connectivity index (χ0v) is 12.6. The lowest BCUT2D eigenvalue weighted by atomic mass is 10.1. The van der Waals surface area contributed by atoms with Crippen LogP contribution in [0.4, 0.5) is 10.1 Å². The van der Waals surface area contributed by atoms with Crippen molar-refractivity contribution in [1.82, 2.24) is 0 Å². The zero-order chi connectivity index (χ0) is 16.4. The molecule has 0 saturated heterocycles. The molecule has 0 heterocycles. The van der Waals surface area contributed by atoms with Crippen LogP contribution in [-0.2, 0) is 9.59 Å². The van der Waals surface area contributed by atoms with E-state index >= 15 is 0 Å². The van der Waals surface area contributed by atoms with Gasteiger partial charge in [0.2, 0.25) is 5.91 Å². The molecule has 1 aliphatic rings. The van der Waals surface area contributed by atoms with Crippen LogP contribution in [-0.4, -0.2) is 11.9 Å². The van der Waals surface area contributed by atoms with E-state index < -0.39 is 0 Å². The highest BCUT2D eigenvalue weighted by molar-refractivity contribution is 5.88. The molecule has 1 saturated carbocycles. The van der Waals surface area contributed by atoms with Gasteiger partial charge in [0.15, 0.2) is 0 Å². The van der Waals surface area contributed by atoms with Crippen LogP contribution < -0.4 is 10.1 Å². The summed E-state index contributed by atoms with van der Waals surface area (Å²) in [5.74, 6) is -0.375. The molecule has 5 heteroatoms. The van der Waals surface area contributed by atoms with Crippen LogP contribution in [0.3, 0.4) is 0 Å². The van der Waals surface area contributed by atoms with Gasteiger partial charge in [0.05, 0.1) is 5.92 Å². The fourth-order valence-electron chi connectivity index (χ4n) is 2.54. The molecule has 4 nitrogen and oxygen atoms in total. The molecule has 1 amide bonds. The van der Waals surface area contributed by atoms with Gasteiger partial charge in [-0.3, -0.25) is 9.59 Å². The maximum atomic E-state index is 12.9. The Morgan fingerprint density at radius 1 is 1.09 bits per heavy atom. The van der Waals surface area contributed by atoms with Crippen molar-refractivity contribution < 1.29 is 18.7 Å². The second-order valence-electron chi connectivity index (χ2n) is 5.63. The average molecular weight is 313 g/mol. The Morgan fingerprint density at radius 2 is 1.74 bits per heavy atom. The number of ether oxygens (including phenoxy) is 1. The van der Waals surface area contributed by atoms with Crippen molar-refractivity contribution >= 4 is 17.6 Å². The number of anilines is 1. The summed E-state index contributed by atoms with van der Waals surface area (Å²) in [4.78, 5) is 23.1. The summed E-state index contributed by atoms with van der Waals surface area (Å²) >= 11 is 0. The highest BCUT2D eigenvalue weighted by Gasteiger charge is 2.45. The third-order valence-corrected chi connectivity index (χ3v) is 3.78. The van der Waals surface area contributed by atoms with Crippen LogP contribution in [0.1, 0.15) is 24.8 Å². The quantitative estimate of drug-likeness (QED) is 0.694. The van der Waals surface area contributed by atoms with E-state index in [4.69, 9.17) is 4.74 Å². The van der Waals surface area contributed by atoms with Crippen LogP contribution in [0, 0.1) is 11.7 Å². The van der Waals surface area contributed by atoms with E-state index in [0.29, 0.717) is 17.9 Å². The zero-order valence-electron chi connectivity index (χ0n) is 12.6. The van der Waals surface area contributed by atoms with Crippen LogP contribution in [0.2, 0.25) is 0 Å². The number of hydrogen-bond donors (Lipinski definition) is 1. The smallest absolute Gasteiger partial charge is 0.314 e. The SMILES string of the molecule is CC(=O)Nc1ccc(OC(=O)C2CC2c2ccc(F)cc2)cc1. The molecule has 1 N–H and O–H groups in total. The number of nitrogens with one attached hydrogen (secondary N) is 1. The second-order valence-corrected chi connectivity index (χ2v) is 5.63. The number of benzene rings is 2. The molecule has 2 aromatic carbocycles. The number of esters is 1. The summed E-state index contributed by atoms with van der Waals surface area (Å²) in [5, 5.41) is 2.64. The van der Waals surface area contributed by atoms with Gasteiger partial charge in [-0.1, -0.05) is 12.1 Å². The molecule has 118 valence electrons. The number of carbonyl (C=O) groups excluding carboxylic acids is 2. The van der Waals surface area contributed by atoms with Crippen molar-refractivity contribution in [3.05, 3.63) is 59.9 Å². The molecule has 2 unspecified atom stereocenters. The third-order valence-electron chi connectivity index (χ3n) is 3.78. The van der Waals surface area contributed by atoms with Gasteiger partial charge < -0.3 is 10.1 Å². The number of hydrogen-bond acceptors (Lipinski definition) is 3. The first-order valence-corrected chi connectivity index (χ1v) is 7.38. The van der Waals surface area contributed by atoms with Gasteiger partial charge in [-0.2, -0.15) is 0 Å². The molecule has 0 radical (unpaired) electrons. The molecule has 0 aliphatic heterocycles. The molecule has 2 atom stereocenters. The topological polar surface area (TPSA) is 55.4 Å². The fraction of sp³-hybridized carbons (Fsp3) is 0.222. The lowest BCUT2D eigenvalue weighted by molar-refractivity contribution is -0.135. The van der Waals surface area contributed by atoms with E-state index in [9.17, 15) is 14.0 Å². The maximum Gasteiger partial charge on any atom is 0.314 e. The molecule has 23 heavy (non-hydrogen) atoms. The van der Waals surface area contributed by atoms with Crippen molar-refractivity contribution in [1.29, 1.82) is 0 Å². The molecular formula is C18H16FNO3. The molecule has 1 fully saturated rings. The predicted molar refractivity (Wildman–Crippen MR) is 83.6 cm³/mol. The number of rotatable bonds is 4.